The third-order valence-corrected chi connectivity index (χ3v) is 5.90. The van der Waals surface area contributed by atoms with E-state index in [0.717, 1.165) is 11.1 Å². The number of benzene rings is 4. The maximum absolute atomic E-state index is 12.8. The molecule has 8 nitrogen and oxygen atoms in total. The molecule has 8 heteroatoms. The van der Waals surface area contributed by atoms with Gasteiger partial charge in [-0.15, -0.1) is 0 Å². The van der Waals surface area contributed by atoms with Crippen LogP contribution in [0.5, 0.6) is 23.0 Å². The number of hydrogen-bond donors (Lipinski definition) is 2. The molecule has 0 unspecified atom stereocenters. The summed E-state index contributed by atoms with van der Waals surface area (Å²) in [6, 6.07) is 24.7. The number of carbonyl (C=O) groups excluding carboxylic acids is 2. The van der Waals surface area contributed by atoms with Crippen LogP contribution < -0.4 is 29.6 Å². The molecular formula is C30H28N2O6. The second kappa shape index (κ2) is 11.8. The van der Waals surface area contributed by atoms with Gasteiger partial charge in [0.15, 0.2) is 0 Å². The van der Waals surface area contributed by atoms with Crippen LogP contribution in [0, 0.1) is 0 Å². The van der Waals surface area contributed by atoms with E-state index >= 15 is 0 Å². The van der Waals surface area contributed by atoms with Crippen LogP contribution in [0.4, 0.5) is 11.4 Å². The highest BCUT2D eigenvalue weighted by Gasteiger charge is 2.15. The molecule has 4 rings (SSSR count). The molecular weight excluding hydrogens is 484 g/mol. The van der Waals surface area contributed by atoms with E-state index < -0.39 is 0 Å². The van der Waals surface area contributed by atoms with Crippen molar-refractivity contribution in [2.75, 3.05) is 39.1 Å². The fraction of sp³-hybridized carbons (Fsp3) is 0.133. The lowest BCUT2D eigenvalue weighted by atomic mass is 10.0. The first-order chi connectivity index (χ1) is 18.4. The Morgan fingerprint density at radius 2 is 0.947 bits per heavy atom. The SMILES string of the molecule is COc1cccc(C(=O)Nc2ccc(-c3ccc(NC(=O)c4cccc(OC)c4)c(OC)c3)cc2OC)c1. The molecule has 0 aliphatic heterocycles. The predicted molar refractivity (Wildman–Crippen MR) is 147 cm³/mol. The quantitative estimate of drug-likeness (QED) is 0.290. The number of ether oxygens (including phenoxy) is 4. The van der Waals surface area contributed by atoms with E-state index in [9.17, 15) is 9.59 Å². The second-order valence-electron chi connectivity index (χ2n) is 8.20. The van der Waals surface area contributed by atoms with Crippen molar-refractivity contribution in [2.45, 2.75) is 0 Å². The molecule has 0 aliphatic rings. The monoisotopic (exact) mass is 512 g/mol. The minimum atomic E-state index is -0.284. The van der Waals surface area contributed by atoms with Crippen molar-refractivity contribution in [3.63, 3.8) is 0 Å². The van der Waals surface area contributed by atoms with Crippen molar-refractivity contribution >= 4 is 23.2 Å². The zero-order valence-corrected chi connectivity index (χ0v) is 21.5. The Morgan fingerprint density at radius 1 is 0.526 bits per heavy atom. The summed E-state index contributed by atoms with van der Waals surface area (Å²) in [6.07, 6.45) is 0. The Bertz CT molecular complexity index is 1360. The summed E-state index contributed by atoms with van der Waals surface area (Å²) in [7, 11) is 6.18. The minimum Gasteiger partial charge on any atom is -0.497 e. The summed E-state index contributed by atoms with van der Waals surface area (Å²) in [5.41, 5.74) is 3.66. The standard InChI is InChI=1S/C30H28N2O6/c1-35-23-9-5-7-21(15-23)29(33)31-25-13-11-19(17-27(25)37-3)20-12-14-26(28(18-20)38-4)32-30(34)22-8-6-10-24(16-22)36-2/h5-18H,1-4H3,(H,31,33)(H,32,34). The molecule has 0 fully saturated rings. The van der Waals surface area contributed by atoms with Crippen molar-refractivity contribution in [3.8, 4) is 34.1 Å². The Labute approximate surface area is 221 Å². The molecule has 194 valence electrons. The fourth-order valence-corrected chi connectivity index (χ4v) is 3.87. The molecule has 0 aromatic heterocycles. The number of rotatable bonds is 9. The van der Waals surface area contributed by atoms with Crippen molar-refractivity contribution in [3.05, 3.63) is 96.1 Å². The molecule has 0 radical (unpaired) electrons. The third-order valence-electron chi connectivity index (χ3n) is 5.90. The van der Waals surface area contributed by atoms with Crippen LogP contribution in [0.15, 0.2) is 84.9 Å². The molecule has 0 bridgehead atoms. The molecule has 2 N–H and O–H groups in total. The summed E-state index contributed by atoms with van der Waals surface area (Å²) in [5.74, 6) is 1.61. The van der Waals surface area contributed by atoms with Crippen LogP contribution in [0.25, 0.3) is 11.1 Å². The van der Waals surface area contributed by atoms with Crippen LogP contribution in [-0.2, 0) is 0 Å². The Kier molecular flexibility index (Phi) is 8.13. The molecule has 4 aromatic carbocycles. The average Bonchev–Trinajstić information content (AvgIpc) is 2.97. The normalized spacial score (nSPS) is 10.3. The van der Waals surface area contributed by atoms with Crippen LogP contribution in [0.3, 0.4) is 0 Å². The first kappa shape index (κ1) is 26.1. The minimum absolute atomic E-state index is 0.284. The van der Waals surface area contributed by atoms with Crippen molar-refractivity contribution < 1.29 is 28.5 Å². The van der Waals surface area contributed by atoms with E-state index in [1.807, 2.05) is 24.3 Å². The number of carbonyl (C=O) groups is 2. The van der Waals surface area contributed by atoms with E-state index in [1.165, 1.54) is 14.2 Å². The van der Waals surface area contributed by atoms with Gasteiger partial charge < -0.3 is 29.6 Å². The summed E-state index contributed by atoms with van der Waals surface area (Å²) in [5, 5.41) is 5.77. The number of nitrogens with one attached hydrogen (secondary N) is 2. The summed E-state index contributed by atoms with van der Waals surface area (Å²) in [6.45, 7) is 0. The van der Waals surface area contributed by atoms with Crippen LogP contribution in [0.1, 0.15) is 20.7 Å². The zero-order valence-electron chi connectivity index (χ0n) is 21.5. The molecule has 38 heavy (non-hydrogen) atoms. The van der Waals surface area contributed by atoms with Gasteiger partial charge >= 0.3 is 0 Å². The molecule has 0 spiro atoms. The molecule has 0 aliphatic carbocycles. The third kappa shape index (κ3) is 5.87. The predicted octanol–water partition coefficient (Wildman–Crippen LogP) is 5.89. The highest BCUT2D eigenvalue weighted by molar-refractivity contribution is 6.06. The first-order valence-electron chi connectivity index (χ1n) is 11.7. The van der Waals surface area contributed by atoms with Gasteiger partial charge in [-0.2, -0.15) is 0 Å². The highest BCUT2D eigenvalue weighted by atomic mass is 16.5. The maximum Gasteiger partial charge on any atom is 0.255 e. The summed E-state index contributed by atoms with van der Waals surface area (Å²) in [4.78, 5) is 25.5. The number of hydrogen-bond acceptors (Lipinski definition) is 6. The van der Waals surface area contributed by atoms with Gasteiger partial charge in [0.25, 0.3) is 11.8 Å². The van der Waals surface area contributed by atoms with E-state index in [1.54, 1.807) is 74.9 Å². The van der Waals surface area contributed by atoms with Gasteiger partial charge in [-0.25, -0.2) is 0 Å². The lowest BCUT2D eigenvalue weighted by molar-refractivity contribution is 0.101. The lowest BCUT2D eigenvalue weighted by Gasteiger charge is -2.15. The smallest absolute Gasteiger partial charge is 0.255 e. The van der Waals surface area contributed by atoms with E-state index in [4.69, 9.17) is 18.9 Å². The van der Waals surface area contributed by atoms with Gasteiger partial charge in [0.05, 0.1) is 39.8 Å². The van der Waals surface area contributed by atoms with Crippen molar-refractivity contribution in [2.24, 2.45) is 0 Å². The van der Waals surface area contributed by atoms with Gasteiger partial charge in [-0.1, -0.05) is 24.3 Å². The number of anilines is 2. The first-order valence-corrected chi connectivity index (χ1v) is 11.7. The van der Waals surface area contributed by atoms with Crippen molar-refractivity contribution in [1.82, 2.24) is 0 Å². The summed E-state index contributed by atoms with van der Waals surface area (Å²) < 4.78 is 21.5. The van der Waals surface area contributed by atoms with Crippen molar-refractivity contribution in [1.29, 1.82) is 0 Å². The van der Waals surface area contributed by atoms with Crippen LogP contribution in [-0.4, -0.2) is 40.3 Å². The molecule has 0 saturated carbocycles. The van der Waals surface area contributed by atoms with Gasteiger partial charge in [0.1, 0.15) is 23.0 Å². The molecule has 2 amide bonds. The molecule has 0 saturated heterocycles. The van der Waals surface area contributed by atoms with E-state index in [2.05, 4.69) is 10.6 Å². The average molecular weight is 513 g/mol. The molecule has 0 heterocycles. The Hall–Kier alpha value is -4.98. The second-order valence-corrected chi connectivity index (χ2v) is 8.20. The molecule has 0 atom stereocenters. The number of methoxy groups -OCH3 is 4. The van der Waals surface area contributed by atoms with Gasteiger partial charge in [-0.05, 0) is 71.8 Å². The topological polar surface area (TPSA) is 95.1 Å². The molecule has 4 aromatic rings. The van der Waals surface area contributed by atoms with Gasteiger partial charge in [0, 0.05) is 11.1 Å². The largest absolute Gasteiger partial charge is 0.497 e. The summed E-state index contributed by atoms with van der Waals surface area (Å²) >= 11 is 0. The fourth-order valence-electron chi connectivity index (χ4n) is 3.87. The zero-order chi connectivity index (χ0) is 27.1. The van der Waals surface area contributed by atoms with Gasteiger partial charge in [-0.3, -0.25) is 9.59 Å². The maximum atomic E-state index is 12.8. The van der Waals surface area contributed by atoms with Gasteiger partial charge in [0.2, 0.25) is 0 Å². The van der Waals surface area contributed by atoms with E-state index in [0.29, 0.717) is 45.5 Å². The Morgan fingerprint density at radius 3 is 1.32 bits per heavy atom. The van der Waals surface area contributed by atoms with Crippen LogP contribution in [0.2, 0.25) is 0 Å². The number of amides is 2. The van der Waals surface area contributed by atoms with E-state index in [-0.39, 0.29) is 11.8 Å². The Balaban J connectivity index is 1.55. The van der Waals surface area contributed by atoms with Crippen LogP contribution >= 0.6 is 0 Å². The highest BCUT2D eigenvalue weighted by Crippen LogP contribution is 2.35. The lowest BCUT2D eigenvalue weighted by Crippen LogP contribution is -2.13.